The van der Waals surface area contributed by atoms with Gasteiger partial charge in [-0.2, -0.15) is 0 Å². The number of aromatic amines is 1. The number of hydrogen-bond donors (Lipinski definition) is 2. The first-order valence-corrected chi connectivity index (χ1v) is 8.35. The molecule has 0 saturated carbocycles. The van der Waals surface area contributed by atoms with Crippen LogP contribution in [0, 0.1) is 0 Å². The van der Waals surface area contributed by atoms with Gasteiger partial charge < -0.3 is 10.7 Å². The Kier molecular flexibility index (Phi) is 3.17. The molecule has 0 aliphatic carbocycles. The van der Waals surface area contributed by atoms with Gasteiger partial charge in [0.2, 0.25) is 0 Å². The minimum Gasteiger partial charge on any atom is -0.399 e. The fourth-order valence-corrected chi connectivity index (χ4v) is 3.17. The van der Waals surface area contributed by atoms with Gasteiger partial charge in [0.25, 0.3) is 0 Å². The minimum atomic E-state index is -3.30. The molecule has 21 heavy (non-hydrogen) atoms. The van der Waals surface area contributed by atoms with Crippen molar-refractivity contribution in [2.75, 3.05) is 12.0 Å². The number of sulfone groups is 1. The molecule has 0 aliphatic heterocycles. The van der Waals surface area contributed by atoms with Crippen molar-refractivity contribution in [2.45, 2.75) is 11.3 Å². The molecule has 0 fully saturated rings. The van der Waals surface area contributed by atoms with Crippen LogP contribution in [0.1, 0.15) is 11.4 Å². The van der Waals surface area contributed by atoms with Gasteiger partial charge >= 0.3 is 0 Å². The van der Waals surface area contributed by atoms with Crippen molar-refractivity contribution < 1.29 is 8.42 Å². The van der Waals surface area contributed by atoms with E-state index in [1.807, 2.05) is 30.3 Å². The van der Waals surface area contributed by atoms with Gasteiger partial charge in [-0.3, -0.25) is 0 Å². The molecule has 2 aromatic carbocycles. The summed E-state index contributed by atoms with van der Waals surface area (Å²) in [6, 6.07) is 12.6. The highest BCUT2D eigenvalue weighted by molar-refractivity contribution is 7.91. The quantitative estimate of drug-likeness (QED) is 0.725. The Morgan fingerprint density at radius 1 is 1.19 bits per heavy atom. The van der Waals surface area contributed by atoms with Crippen LogP contribution in [0.2, 0.25) is 0 Å². The zero-order chi connectivity index (χ0) is 15.0. The molecule has 1 aromatic heterocycles. The van der Waals surface area contributed by atoms with E-state index >= 15 is 0 Å². The Labute approximate surface area is 122 Å². The molecule has 108 valence electrons. The van der Waals surface area contributed by atoms with E-state index in [-0.39, 0.29) is 4.90 Å². The van der Waals surface area contributed by atoms with Crippen molar-refractivity contribution in [2.24, 2.45) is 0 Å². The minimum absolute atomic E-state index is 0.245. The molecule has 0 spiro atoms. The second-order valence-corrected chi connectivity index (χ2v) is 7.01. The maximum Gasteiger partial charge on any atom is 0.177 e. The van der Waals surface area contributed by atoms with Gasteiger partial charge in [-0.1, -0.05) is 18.2 Å². The molecular weight excluding hydrogens is 286 g/mol. The van der Waals surface area contributed by atoms with Crippen LogP contribution in [-0.2, 0) is 16.3 Å². The van der Waals surface area contributed by atoms with E-state index in [2.05, 4.69) is 9.97 Å². The molecule has 3 N–H and O–H groups in total. The third kappa shape index (κ3) is 2.75. The Morgan fingerprint density at radius 2 is 1.95 bits per heavy atom. The molecule has 6 heteroatoms. The summed E-state index contributed by atoms with van der Waals surface area (Å²) in [6.07, 6.45) is 1.76. The number of nitrogens with two attached hydrogens (primary N) is 1. The number of nitrogen functional groups attached to an aromatic ring is 1. The van der Waals surface area contributed by atoms with Gasteiger partial charge in [0.15, 0.2) is 9.84 Å². The van der Waals surface area contributed by atoms with E-state index in [1.54, 1.807) is 12.1 Å². The molecule has 0 bridgehead atoms. The van der Waals surface area contributed by atoms with Gasteiger partial charge in [-0.15, -0.1) is 0 Å². The fraction of sp³-hybridized carbons (Fsp3) is 0.133. The number of fused-ring (bicyclic) bond motifs is 1. The van der Waals surface area contributed by atoms with Crippen molar-refractivity contribution in [3.63, 3.8) is 0 Å². The number of aromatic nitrogens is 2. The summed E-state index contributed by atoms with van der Waals surface area (Å²) in [6.45, 7) is 0. The summed E-state index contributed by atoms with van der Waals surface area (Å²) in [5.74, 6) is 0.715. The topological polar surface area (TPSA) is 88.8 Å². The zero-order valence-electron chi connectivity index (χ0n) is 11.5. The van der Waals surface area contributed by atoms with E-state index in [4.69, 9.17) is 5.73 Å². The van der Waals surface area contributed by atoms with Gasteiger partial charge in [-0.05, 0) is 29.8 Å². The van der Waals surface area contributed by atoms with Gasteiger partial charge in [0.1, 0.15) is 11.3 Å². The van der Waals surface area contributed by atoms with Gasteiger partial charge in [-0.25, -0.2) is 13.4 Å². The number of H-pyrrole nitrogens is 1. The number of hydrogen-bond acceptors (Lipinski definition) is 4. The van der Waals surface area contributed by atoms with Crippen molar-refractivity contribution in [1.29, 1.82) is 0 Å². The number of anilines is 1. The van der Waals surface area contributed by atoms with E-state index in [0.29, 0.717) is 23.4 Å². The molecule has 5 nitrogen and oxygen atoms in total. The lowest BCUT2D eigenvalue weighted by Gasteiger charge is -1.99. The largest absolute Gasteiger partial charge is 0.399 e. The number of nitrogens with one attached hydrogen (secondary N) is 1. The fourth-order valence-electron chi connectivity index (χ4n) is 2.34. The van der Waals surface area contributed by atoms with Crippen molar-refractivity contribution in [1.82, 2.24) is 9.97 Å². The third-order valence-corrected chi connectivity index (χ3v) is 4.38. The van der Waals surface area contributed by atoms with E-state index in [0.717, 1.165) is 11.1 Å². The van der Waals surface area contributed by atoms with Gasteiger partial charge in [0, 0.05) is 18.4 Å². The SMILES string of the molecule is CS(=O)(=O)c1cccc2[nH]c(Cc3cccc(N)c3)nc12. The van der Waals surface area contributed by atoms with Crippen LogP contribution in [0.4, 0.5) is 5.69 Å². The molecule has 0 atom stereocenters. The second kappa shape index (κ2) is 4.89. The highest BCUT2D eigenvalue weighted by Gasteiger charge is 2.15. The van der Waals surface area contributed by atoms with Crippen LogP contribution in [0.3, 0.4) is 0 Å². The van der Waals surface area contributed by atoms with E-state index in [1.165, 1.54) is 6.26 Å². The van der Waals surface area contributed by atoms with Crippen LogP contribution in [-0.4, -0.2) is 24.6 Å². The lowest BCUT2D eigenvalue weighted by Crippen LogP contribution is -1.98. The summed E-state index contributed by atoms with van der Waals surface area (Å²) in [4.78, 5) is 7.83. The van der Waals surface area contributed by atoms with E-state index < -0.39 is 9.84 Å². The Bertz CT molecular complexity index is 914. The second-order valence-electron chi connectivity index (χ2n) is 5.03. The summed E-state index contributed by atoms with van der Waals surface area (Å²) >= 11 is 0. The number of nitrogens with zero attached hydrogens (tertiary/aromatic N) is 1. The maximum absolute atomic E-state index is 11.8. The highest BCUT2D eigenvalue weighted by Crippen LogP contribution is 2.22. The first-order valence-electron chi connectivity index (χ1n) is 6.45. The number of benzene rings is 2. The van der Waals surface area contributed by atoms with Gasteiger partial charge in [0.05, 0.1) is 10.4 Å². The standard InChI is InChI=1S/C15H15N3O2S/c1-21(19,20)13-7-3-6-12-15(13)18-14(17-12)9-10-4-2-5-11(16)8-10/h2-8H,9,16H2,1H3,(H,17,18). The summed E-state index contributed by atoms with van der Waals surface area (Å²) in [5.41, 5.74) is 8.68. The molecule has 0 radical (unpaired) electrons. The van der Waals surface area contributed by atoms with Crippen molar-refractivity contribution in [3.05, 3.63) is 53.9 Å². The van der Waals surface area contributed by atoms with Crippen LogP contribution >= 0.6 is 0 Å². The van der Waals surface area contributed by atoms with Crippen molar-refractivity contribution in [3.8, 4) is 0 Å². The average molecular weight is 301 g/mol. The number of imidazole rings is 1. The first kappa shape index (κ1) is 13.6. The molecule has 0 saturated heterocycles. The molecule has 0 amide bonds. The zero-order valence-corrected chi connectivity index (χ0v) is 12.3. The Morgan fingerprint density at radius 3 is 2.67 bits per heavy atom. The third-order valence-electron chi connectivity index (χ3n) is 3.25. The van der Waals surface area contributed by atoms with Crippen LogP contribution in [0.25, 0.3) is 11.0 Å². The molecule has 0 aliphatic rings. The van der Waals surface area contributed by atoms with Crippen LogP contribution < -0.4 is 5.73 Å². The molecule has 0 unspecified atom stereocenters. The lowest BCUT2D eigenvalue weighted by molar-refractivity contribution is 0.602. The lowest BCUT2D eigenvalue weighted by atomic mass is 10.1. The van der Waals surface area contributed by atoms with Crippen LogP contribution in [0.15, 0.2) is 47.4 Å². The normalized spacial score (nSPS) is 11.9. The summed E-state index contributed by atoms with van der Waals surface area (Å²) in [5, 5.41) is 0. The maximum atomic E-state index is 11.8. The predicted octanol–water partition coefficient (Wildman–Crippen LogP) is 2.14. The molecule has 3 aromatic rings. The monoisotopic (exact) mass is 301 g/mol. The van der Waals surface area contributed by atoms with Crippen molar-refractivity contribution >= 4 is 26.6 Å². The number of para-hydroxylation sites is 1. The Balaban J connectivity index is 2.06. The molecule has 3 rings (SSSR count). The first-order chi connectivity index (χ1) is 9.93. The highest BCUT2D eigenvalue weighted by atomic mass is 32.2. The molecular formula is C15H15N3O2S. The summed E-state index contributed by atoms with van der Waals surface area (Å²) < 4.78 is 23.6. The number of rotatable bonds is 3. The van der Waals surface area contributed by atoms with Crippen LogP contribution in [0.5, 0.6) is 0 Å². The smallest absolute Gasteiger partial charge is 0.177 e. The Hall–Kier alpha value is -2.34. The van der Waals surface area contributed by atoms with E-state index in [9.17, 15) is 8.42 Å². The average Bonchev–Trinajstić information content (AvgIpc) is 2.79. The molecule has 1 heterocycles. The summed E-state index contributed by atoms with van der Waals surface area (Å²) in [7, 11) is -3.30. The predicted molar refractivity (Wildman–Crippen MR) is 82.9 cm³/mol.